The summed E-state index contributed by atoms with van der Waals surface area (Å²) >= 11 is 7.38. The molecule has 31 heavy (non-hydrogen) atoms. The Morgan fingerprint density at radius 3 is 2.52 bits per heavy atom. The van der Waals surface area contributed by atoms with Gasteiger partial charge in [-0.15, -0.1) is 11.8 Å². The summed E-state index contributed by atoms with van der Waals surface area (Å²) in [6.07, 6.45) is 2.40. The summed E-state index contributed by atoms with van der Waals surface area (Å²) in [5, 5.41) is 3.30. The third kappa shape index (κ3) is 7.86. The Morgan fingerprint density at radius 1 is 1.13 bits per heavy atom. The van der Waals surface area contributed by atoms with Crippen LogP contribution in [0.2, 0.25) is 5.02 Å². The molecule has 1 atom stereocenters. The van der Waals surface area contributed by atoms with Crippen LogP contribution in [0.5, 0.6) is 0 Å². The van der Waals surface area contributed by atoms with Gasteiger partial charge in [0.15, 0.2) is 0 Å². The zero-order valence-electron chi connectivity index (χ0n) is 18.1. The highest BCUT2D eigenvalue weighted by Crippen LogP contribution is 2.24. The van der Waals surface area contributed by atoms with Crippen molar-refractivity contribution in [1.82, 2.24) is 10.2 Å². The fourth-order valence-electron chi connectivity index (χ4n) is 3.20. The standard InChI is InChI=1S/C24H30ClFN2O2S/c1-3-5-14-27-24(30)22(4-2)28(15-18-10-7-6-8-11-18)23(29)17-31-16-19-20(25)12-9-13-21(19)26/h6-13,22H,3-5,14-17H2,1-2H3,(H,27,30)/t22-/m1/s1. The number of benzene rings is 2. The first-order valence-corrected chi connectivity index (χ1v) is 12.1. The molecule has 2 aromatic carbocycles. The molecule has 0 heterocycles. The van der Waals surface area contributed by atoms with Crippen LogP contribution in [0.3, 0.4) is 0 Å². The van der Waals surface area contributed by atoms with Gasteiger partial charge in [-0.05, 0) is 30.5 Å². The molecule has 0 unspecified atom stereocenters. The minimum atomic E-state index is -0.554. The van der Waals surface area contributed by atoms with Crippen molar-refractivity contribution in [2.75, 3.05) is 12.3 Å². The lowest BCUT2D eigenvalue weighted by Gasteiger charge is -2.30. The molecule has 0 radical (unpaired) electrons. The maximum absolute atomic E-state index is 14.0. The second-order valence-corrected chi connectivity index (χ2v) is 8.66. The van der Waals surface area contributed by atoms with Gasteiger partial charge in [0.05, 0.1) is 5.75 Å². The van der Waals surface area contributed by atoms with E-state index < -0.39 is 6.04 Å². The Balaban J connectivity index is 2.10. The summed E-state index contributed by atoms with van der Waals surface area (Å²) in [5.41, 5.74) is 1.35. The molecule has 4 nitrogen and oxygen atoms in total. The maximum Gasteiger partial charge on any atom is 0.242 e. The molecule has 0 bridgehead atoms. The molecule has 0 aliphatic carbocycles. The van der Waals surface area contributed by atoms with Crippen molar-refractivity contribution < 1.29 is 14.0 Å². The highest BCUT2D eigenvalue weighted by molar-refractivity contribution is 7.99. The number of hydrogen-bond acceptors (Lipinski definition) is 3. The van der Waals surface area contributed by atoms with E-state index in [4.69, 9.17) is 11.6 Å². The maximum atomic E-state index is 14.0. The Morgan fingerprint density at radius 2 is 1.87 bits per heavy atom. The van der Waals surface area contributed by atoms with E-state index >= 15 is 0 Å². The smallest absolute Gasteiger partial charge is 0.242 e. The number of amides is 2. The number of unbranched alkanes of at least 4 members (excludes halogenated alkanes) is 1. The highest BCUT2D eigenvalue weighted by Gasteiger charge is 2.28. The molecule has 2 amide bonds. The number of carbonyl (C=O) groups is 2. The lowest BCUT2D eigenvalue weighted by atomic mass is 10.1. The van der Waals surface area contributed by atoms with Crippen LogP contribution in [0.1, 0.15) is 44.2 Å². The molecule has 0 aliphatic rings. The predicted molar refractivity (Wildman–Crippen MR) is 127 cm³/mol. The molecule has 0 fully saturated rings. The van der Waals surface area contributed by atoms with Gasteiger partial charge in [0.1, 0.15) is 11.9 Å². The van der Waals surface area contributed by atoms with E-state index in [1.165, 1.54) is 17.8 Å². The topological polar surface area (TPSA) is 49.4 Å². The fourth-order valence-corrected chi connectivity index (χ4v) is 4.45. The zero-order chi connectivity index (χ0) is 22.6. The number of carbonyl (C=O) groups excluding carboxylic acids is 2. The molecule has 0 aliphatic heterocycles. The Hall–Kier alpha value is -2.05. The van der Waals surface area contributed by atoms with E-state index in [0.29, 0.717) is 30.1 Å². The average molecular weight is 465 g/mol. The summed E-state index contributed by atoms with van der Waals surface area (Å²) in [4.78, 5) is 27.6. The first kappa shape index (κ1) is 25.2. The Kier molecular flexibility index (Phi) is 10.9. The zero-order valence-corrected chi connectivity index (χ0v) is 19.6. The van der Waals surface area contributed by atoms with Crippen LogP contribution in [0.15, 0.2) is 48.5 Å². The third-order valence-corrected chi connectivity index (χ3v) is 6.24. The molecule has 7 heteroatoms. The van der Waals surface area contributed by atoms with Gasteiger partial charge in [0.25, 0.3) is 0 Å². The lowest BCUT2D eigenvalue weighted by molar-refractivity contribution is -0.139. The molecule has 0 spiro atoms. The van der Waals surface area contributed by atoms with Crippen molar-refractivity contribution in [1.29, 1.82) is 0 Å². The minimum absolute atomic E-state index is 0.135. The van der Waals surface area contributed by atoms with E-state index in [9.17, 15) is 14.0 Å². The van der Waals surface area contributed by atoms with Crippen LogP contribution in [-0.2, 0) is 21.9 Å². The number of hydrogen-bond donors (Lipinski definition) is 1. The number of nitrogens with one attached hydrogen (secondary N) is 1. The Labute approximate surface area is 193 Å². The van der Waals surface area contributed by atoms with Crippen molar-refractivity contribution in [2.24, 2.45) is 0 Å². The fraction of sp³-hybridized carbons (Fsp3) is 0.417. The Bertz CT molecular complexity index is 830. The van der Waals surface area contributed by atoms with E-state index in [0.717, 1.165) is 18.4 Å². The van der Waals surface area contributed by atoms with Crippen LogP contribution in [0.25, 0.3) is 0 Å². The quantitative estimate of drug-likeness (QED) is 0.426. The normalized spacial score (nSPS) is 11.7. The van der Waals surface area contributed by atoms with Crippen molar-refractivity contribution in [2.45, 2.75) is 51.4 Å². The largest absolute Gasteiger partial charge is 0.354 e. The van der Waals surface area contributed by atoms with Gasteiger partial charge in [-0.3, -0.25) is 9.59 Å². The van der Waals surface area contributed by atoms with Crippen LogP contribution in [0.4, 0.5) is 4.39 Å². The number of rotatable bonds is 12. The average Bonchev–Trinajstić information content (AvgIpc) is 2.76. The second-order valence-electron chi connectivity index (χ2n) is 7.27. The molecule has 1 N–H and O–H groups in total. The van der Waals surface area contributed by atoms with Crippen molar-refractivity contribution in [3.63, 3.8) is 0 Å². The van der Waals surface area contributed by atoms with Gasteiger partial charge in [-0.25, -0.2) is 4.39 Å². The third-order valence-electron chi connectivity index (χ3n) is 4.94. The van der Waals surface area contributed by atoms with E-state index in [-0.39, 0.29) is 29.1 Å². The predicted octanol–water partition coefficient (Wildman–Crippen LogP) is 5.44. The van der Waals surface area contributed by atoms with Gasteiger partial charge in [0.2, 0.25) is 11.8 Å². The van der Waals surface area contributed by atoms with Crippen molar-refractivity contribution in [3.05, 3.63) is 70.5 Å². The van der Waals surface area contributed by atoms with E-state index in [1.54, 1.807) is 17.0 Å². The van der Waals surface area contributed by atoms with Crippen LogP contribution in [-0.4, -0.2) is 35.1 Å². The van der Waals surface area contributed by atoms with Crippen molar-refractivity contribution >= 4 is 35.2 Å². The van der Waals surface area contributed by atoms with Crippen LogP contribution in [0, 0.1) is 5.82 Å². The molecule has 2 aromatic rings. The summed E-state index contributed by atoms with van der Waals surface area (Å²) in [6, 6.07) is 13.6. The van der Waals surface area contributed by atoms with Crippen molar-refractivity contribution in [3.8, 4) is 0 Å². The second kappa shape index (κ2) is 13.4. The monoisotopic (exact) mass is 464 g/mol. The minimum Gasteiger partial charge on any atom is -0.354 e. The van der Waals surface area contributed by atoms with Crippen LogP contribution < -0.4 is 5.32 Å². The number of nitrogens with zero attached hydrogens (tertiary/aromatic N) is 1. The summed E-state index contributed by atoms with van der Waals surface area (Å²) in [5.74, 6) is -0.247. The lowest BCUT2D eigenvalue weighted by Crippen LogP contribution is -2.49. The summed E-state index contributed by atoms with van der Waals surface area (Å²) in [7, 11) is 0. The van der Waals surface area contributed by atoms with E-state index in [2.05, 4.69) is 12.2 Å². The molecule has 0 saturated heterocycles. The SMILES string of the molecule is CCCCNC(=O)[C@@H](CC)N(Cc1ccccc1)C(=O)CSCc1c(F)cccc1Cl. The van der Waals surface area contributed by atoms with Gasteiger partial charge in [-0.1, -0.05) is 68.3 Å². The molecule has 168 valence electrons. The first-order valence-electron chi connectivity index (χ1n) is 10.6. The first-order chi connectivity index (χ1) is 15.0. The molecule has 0 aromatic heterocycles. The van der Waals surface area contributed by atoms with Gasteiger partial charge in [0, 0.05) is 29.4 Å². The van der Waals surface area contributed by atoms with Crippen LogP contribution >= 0.6 is 23.4 Å². The molecular weight excluding hydrogens is 435 g/mol. The highest BCUT2D eigenvalue weighted by atomic mass is 35.5. The van der Waals surface area contributed by atoms with Gasteiger partial charge < -0.3 is 10.2 Å². The molecule has 2 rings (SSSR count). The molecule has 0 saturated carbocycles. The number of thioether (sulfide) groups is 1. The van der Waals surface area contributed by atoms with Gasteiger partial charge in [-0.2, -0.15) is 0 Å². The number of halogens is 2. The summed E-state index contributed by atoms with van der Waals surface area (Å²) in [6.45, 7) is 4.91. The van der Waals surface area contributed by atoms with Gasteiger partial charge >= 0.3 is 0 Å². The van der Waals surface area contributed by atoms with E-state index in [1.807, 2.05) is 37.3 Å². The summed E-state index contributed by atoms with van der Waals surface area (Å²) < 4.78 is 14.0. The molecular formula is C24H30ClFN2O2S.